The summed E-state index contributed by atoms with van der Waals surface area (Å²) in [5.41, 5.74) is -1.25. The van der Waals surface area contributed by atoms with Gasteiger partial charge in [-0.15, -0.1) is 0 Å². The number of rotatable bonds is 3. The third-order valence-electron chi connectivity index (χ3n) is 1.30. The summed E-state index contributed by atoms with van der Waals surface area (Å²) in [6.07, 6.45) is 0. The quantitative estimate of drug-likeness (QED) is 0.620. The molecule has 0 aliphatic heterocycles. The Balaban J connectivity index is 2.82. The molecule has 0 radical (unpaired) electrons. The molecule has 0 aromatic heterocycles. The predicted molar refractivity (Wildman–Crippen MR) is 57.6 cm³/mol. The Morgan fingerprint density at radius 3 is 2.50 bits per heavy atom. The molecule has 6 heteroatoms. The summed E-state index contributed by atoms with van der Waals surface area (Å²) in [5.74, 6) is 0.255. The lowest BCUT2D eigenvalue weighted by Crippen LogP contribution is -2.16. The van der Waals surface area contributed by atoms with Crippen LogP contribution in [0.1, 0.15) is 0 Å². The number of carbonyl (C=O) groups excluding carboxylic acids is 1. The lowest BCUT2D eigenvalue weighted by atomic mass is 10.3. The SMILES string of the molecule is O=C(Cl)C(Cl)Oc1ccc(Cl)cc1Cl. The van der Waals surface area contributed by atoms with E-state index < -0.39 is 10.8 Å². The summed E-state index contributed by atoms with van der Waals surface area (Å²) in [7, 11) is 0. The fraction of sp³-hybridized carbons (Fsp3) is 0.125. The van der Waals surface area contributed by atoms with Crippen molar-refractivity contribution in [1.82, 2.24) is 0 Å². The van der Waals surface area contributed by atoms with Crippen molar-refractivity contribution in [2.45, 2.75) is 5.56 Å². The van der Waals surface area contributed by atoms with E-state index in [0.29, 0.717) is 5.02 Å². The van der Waals surface area contributed by atoms with Crippen molar-refractivity contribution in [3.8, 4) is 5.75 Å². The number of carbonyl (C=O) groups is 1. The van der Waals surface area contributed by atoms with E-state index in [1.54, 1.807) is 6.07 Å². The molecule has 1 rings (SSSR count). The zero-order chi connectivity index (χ0) is 10.7. The molecule has 0 saturated carbocycles. The van der Waals surface area contributed by atoms with Crippen LogP contribution in [0.2, 0.25) is 10.0 Å². The van der Waals surface area contributed by atoms with Gasteiger partial charge in [-0.1, -0.05) is 34.8 Å². The summed E-state index contributed by atoms with van der Waals surface area (Å²) in [5, 5.41) is -0.0792. The zero-order valence-corrected chi connectivity index (χ0v) is 9.66. The maximum Gasteiger partial charge on any atom is 0.278 e. The Morgan fingerprint density at radius 2 is 2.00 bits per heavy atom. The van der Waals surface area contributed by atoms with Gasteiger partial charge in [0.25, 0.3) is 5.24 Å². The second kappa shape index (κ2) is 5.08. The molecule has 0 bridgehead atoms. The second-order valence-corrected chi connectivity index (χ2v) is 3.93. The van der Waals surface area contributed by atoms with Crippen LogP contribution in [0.25, 0.3) is 0 Å². The molecule has 1 unspecified atom stereocenters. The highest BCUT2D eigenvalue weighted by Gasteiger charge is 2.15. The van der Waals surface area contributed by atoms with Crippen molar-refractivity contribution in [2.75, 3.05) is 0 Å². The smallest absolute Gasteiger partial charge is 0.278 e. The average Bonchev–Trinajstić information content (AvgIpc) is 2.09. The molecular weight excluding hydrogens is 270 g/mol. The van der Waals surface area contributed by atoms with Gasteiger partial charge in [0.05, 0.1) is 5.02 Å². The van der Waals surface area contributed by atoms with Crippen LogP contribution in [-0.2, 0) is 4.79 Å². The Hall–Kier alpha value is -0.150. The van der Waals surface area contributed by atoms with Gasteiger partial charge in [-0.05, 0) is 29.8 Å². The topological polar surface area (TPSA) is 26.3 Å². The molecule has 2 nitrogen and oxygen atoms in total. The number of ether oxygens (including phenoxy) is 1. The minimum absolute atomic E-state index is 0.255. The van der Waals surface area contributed by atoms with Crippen molar-refractivity contribution in [3.05, 3.63) is 28.2 Å². The highest BCUT2D eigenvalue weighted by atomic mass is 35.5. The Kier molecular flexibility index (Phi) is 4.32. The van der Waals surface area contributed by atoms with Crippen LogP contribution in [0, 0.1) is 0 Å². The summed E-state index contributed by atoms with van der Waals surface area (Å²) < 4.78 is 4.95. The van der Waals surface area contributed by atoms with E-state index in [4.69, 9.17) is 51.1 Å². The molecule has 0 spiro atoms. The molecule has 0 aliphatic carbocycles. The lowest BCUT2D eigenvalue weighted by Gasteiger charge is -2.09. The van der Waals surface area contributed by atoms with E-state index in [9.17, 15) is 4.79 Å². The zero-order valence-electron chi connectivity index (χ0n) is 6.64. The number of hydrogen-bond acceptors (Lipinski definition) is 2. The van der Waals surface area contributed by atoms with Gasteiger partial charge < -0.3 is 4.74 Å². The van der Waals surface area contributed by atoms with Gasteiger partial charge in [0.2, 0.25) is 5.56 Å². The maximum atomic E-state index is 10.6. The Morgan fingerprint density at radius 1 is 1.36 bits per heavy atom. The van der Waals surface area contributed by atoms with Gasteiger partial charge >= 0.3 is 0 Å². The van der Waals surface area contributed by atoms with Crippen LogP contribution in [0.15, 0.2) is 18.2 Å². The third-order valence-corrected chi connectivity index (χ3v) is 2.43. The highest BCUT2D eigenvalue weighted by molar-refractivity contribution is 6.68. The monoisotopic (exact) mass is 272 g/mol. The number of benzene rings is 1. The first-order valence-electron chi connectivity index (χ1n) is 3.46. The molecule has 76 valence electrons. The van der Waals surface area contributed by atoms with Gasteiger partial charge in [-0.3, -0.25) is 4.79 Å². The van der Waals surface area contributed by atoms with E-state index in [0.717, 1.165) is 0 Å². The summed E-state index contributed by atoms with van der Waals surface area (Å²) in [6.45, 7) is 0. The predicted octanol–water partition coefficient (Wildman–Crippen LogP) is 3.70. The molecule has 0 amide bonds. The number of halogens is 4. The van der Waals surface area contributed by atoms with Gasteiger partial charge in [0, 0.05) is 5.02 Å². The minimum Gasteiger partial charge on any atom is -0.464 e. The molecule has 0 heterocycles. The standard InChI is InChI=1S/C8H4Cl4O2/c9-4-1-2-6(5(10)3-4)14-8(12)7(11)13/h1-3,8H. The van der Waals surface area contributed by atoms with Crippen LogP contribution in [0.5, 0.6) is 5.75 Å². The maximum absolute atomic E-state index is 10.6. The fourth-order valence-electron chi connectivity index (χ4n) is 0.729. The molecule has 0 aliphatic rings. The molecule has 0 N–H and O–H groups in total. The Labute approximate surface area is 101 Å². The minimum atomic E-state index is -1.25. The second-order valence-electron chi connectivity index (χ2n) is 2.31. The van der Waals surface area contributed by atoms with Crippen molar-refractivity contribution in [1.29, 1.82) is 0 Å². The molecule has 14 heavy (non-hydrogen) atoms. The van der Waals surface area contributed by atoms with E-state index in [-0.39, 0.29) is 10.8 Å². The van der Waals surface area contributed by atoms with Crippen LogP contribution < -0.4 is 4.74 Å². The van der Waals surface area contributed by atoms with Gasteiger partial charge in [-0.25, -0.2) is 0 Å². The Bertz CT molecular complexity index is 353. The van der Waals surface area contributed by atoms with E-state index >= 15 is 0 Å². The van der Waals surface area contributed by atoms with Crippen LogP contribution in [0.3, 0.4) is 0 Å². The molecule has 1 aromatic carbocycles. The molecule has 0 fully saturated rings. The molecular formula is C8H4Cl4O2. The lowest BCUT2D eigenvalue weighted by molar-refractivity contribution is -0.114. The molecule has 0 saturated heterocycles. The largest absolute Gasteiger partial charge is 0.464 e. The van der Waals surface area contributed by atoms with Crippen molar-refractivity contribution in [3.63, 3.8) is 0 Å². The summed E-state index contributed by atoms with van der Waals surface area (Å²) in [6, 6.07) is 4.53. The van der Waals surface area contributed by atoms with E-state index in [1.165, 1.54) is 12.1 Å². The van der Waals surface area contributed by atoms with Crippen molar-refractivity contribution >= 4 is 51.6 Å². The van der Waals surface area contributed by atoms with Crippen LogP contribution in [0.4, 0.5) is 0 Å². The van der Waals surface area contributed by atoms with Crippen molar-refractivity contribution < 1.29 is 9.53 Å². The fourth-order valence-corrected chi connectivity index (χ4v) is 1.32. The first-order chi connectivity index (χ1) is 6.50. The third kappa shape index (κ3) is 3.21. The van der Waals surface area contributed by atoms with Crippen LogP contribution in [-0.4, -0.2) is 10.8 Å². The number of alkyl halides is 1. The average molecular weight is 274 g/mol. The van der Waals surface area contributed by atoms with Gasteiger partial charge in [0.15, 0.2) is 0 Å². The summed E-state index contributed by atoms with van der Waals surface area (Å²) in [4.78, 5) is 10.6. The molecule has 1 atom stereocenters. The first-order valence-corrected chi connectivity index (χ1v) is 5.03. The molecule has 1 aromatic rings. The highest BCUT2D eigenvalue weighted by Crippen LogP contribution is 2.29. The van der Waals surface area contributed by atoms with E-state index in [1.807, 2.05) is 0 Å². The number of hydrogen-bond donors (Lipinski definition) is 0. The normalized spacial score (nSPS) is 12.3. The van der Waals surface area contributed by atoms with E-state index in [2.05, 4.69) is 0 Å². The summed E-state index contributed by atoms with van der Waals surface area (Å²) >= 11 is 22.0. The van der Waals surface area contributed by atoms with Gasteiger partial charge in [-0.2, -0.15) is 0 Å². The first kappa shape index (κ1) is 11.9. The van der Waals surface area contributed by atoms with Crippen molar-refractivity contribution in [2.24, 2.45) is 0 Å². The van der Waals surface area contributed by atoms with Crippen LogP contribution >= 0.6 is 46.4 Å². The van der Waals surface area contributed by atoms with Gasteiger partial charge in [0.1, 0.15) is 5.75 Å².